The summed E-state index contributed by atoms with van der Waals surface area (Å²) in [5.74, 6) is -1.87. The number of benzene rings is 1. The van der Waals surface area contributed by atoms with Gasteiger partial charge in [-0.2, -0.15) is 0 Å². The van der Waals surface area contributed by atoms with E-state index >= 15 is 0 Å². The van der Waals surface area contributed by atoms with Crippen LogP contribution in [0.5, 0.6) is 0 Å². The Bertz CT molecular complexity index is 1060. The fraction of sp³-hybridized carbons (Fsp3) is 0.263. The van der Waals surface area contributed by atoms with Crippen LogP contribution in [0.4, 0.5) is 4.39 Å². The molecule has 0 spiro atoms. The van der Waals surface area contributed by atoms with Crippen molar-refractivity contribution in [3.63, 3.8) is 0 Å². The summed E-state index contributed by atoms with van der Waals surface area (Å²) in [6.07, 6.45) is -1.07. The van der Waals surface area contributed by atoms with E-state index in [0.29, 0.717) is 27.9 Å². The van der Waals surface area contributed by atoms with Crippen LogP contribution in [0.1, 0.15) is 16.1 Å². The maximum Gasteiger partial charge on any atom is 0.334 e. The molecule has 1 atom stereocenters. The Morgan fingerprint density at radius 1 is 1.29 bits per heavy atom. The maximum absolute atomic E-state index is 13.2. The van der Waals surface area contributed by atoms with Gasteiger partial charge < -0.3 is 19.3 Å². The van der Waals surface area contributed by atoms with Gasteiger partial charge >= 0.3 is 5.97 Å². The Morgan fingerprint density at radius 3 is 2.75 bits per heavy atom. The smallest absolute Gasteiger partial charge is 0.334 e. The van der Waals surface area contributed by atoms with Crippen LogP contribution in [0.3, 0.4) is 0 Å². The number of pyridine rings is 1. The molecule has 1 aliphatic heterocycles. The number of hydrogen-bond donors (Lipinski definition) is 1. The predicted molar refractivity (Wildman–Crippen MR) is 95.2 cm³/mol. The lowest BCUT2D eigenvalue weighted by molar-refractivity contribution is -0.154. The van der Waals surface area contributed by atoms with Crippen molar-refractivity contribution in [2.45, 2.75) is 13.0 Å². The van der Waals surface area contributed by atoms with Crippen LogP contribution in [0.15, 0.2) is 34.9 Å². The molecule has 1 unspecified atom stereocenters. The zero-order chi connectivity index (χ0) is 19.8. The molecule has 1 aliphatic rings. The largest absolute Gasteiger partial charge is 0.479 e. The molecule has 0 bridgehead atoms. The molecule has 2 aromatic heterocycles. The molecule has 1 amide bonds. The number of carboxylic acids is 1. The minimum Gasteiger partial charge on any atom is -0.479 e. The van der Waals surface area contributed by atoms with E-state index in [4.69, 9.17) is 9.26 Å². The quantitative estimate of drug-likeness (QED) is 0.737. The number of carboxylic acid groups (broad SMARTS) is 1. The van der Waals surface area contributed by atoms with E-state index in [1.165, 1.54) is 17.0 Å². The maximum atomic E-state index is 13.2. The van der Waals surface area contributed by atoms with Crippen molar-refractivity contribution in [1.82, 2.24) is 15.0 Å². The molecule has 28 heavy (non-hydrogen) atoms. The zero-order valence-corrected chi connectivity index (χ0v) is 14.9. The molecular formula is C19H16FN3O5. The van der Waals surface area contributed by atoms with Crippen LogP contribution in [0.2, 0.25) is 0 Å². The first kappa shape index (κ1) is 18.1. The summed E-state index contributed by atoms with van der Waals surface area (Å²) in [7, 11) is 0. The summed E-state index contributed by atoms with van der Waals surface area (Å²) in [6, 6.07) is 7.29. The summed E-state index contributed by atoms with van der Waals surface area (Å²) in [5.41, 5.74) is 2.02. The highest BCUT2D eigenvalue weighted by Gasteiger charge is 2.31. The first-order valence-corrected chi connectivity index (χ1v) is 8.60. The number of rotatable bonds is 3. The molecule has 1 saturated heterocycles. The second-order valence-corrected chi connectivity index (χ2v) is 6.46. The Kier molecular flexibility index (Phi) is 4.52. The average Bonchev–Trinajstić information content (AvgIpc) is 3.08. The minimum atomic E-state index is -1.12. The van der Waals surface area contributed by atoms with E-state index < -0.39 is 12.1 Å². The molecule has 0 radical (unpaired) electrons. The molecule has 1 aromatic carbocycles. The van der Waals surface area contributed by atoms with Crippen LogP contribution < -0.4 is 0 Å². The lowest BCUT2D eigenvalue weighted by Crippen LogP contribution is -2.48. The third kappa shape index (κ3) is 3.20. The van der Waals surface area contributed by atoms with Crippen molar-refractivity contribution in [2.24, 2.45) is 0 Å². The predicted octanol–water partition coefficient (Wildman–Crippen LogP) is 2.26. The molecule has 9 heteroatoms. The molecule has 144 valence electrons. The molecule has 0 aliphatic carbocycles. The molecule has 8 nitrogen and oxygen atoms in total. The number of halogens is 1. The SMILES string of the molecule is Cc1noc2nc(-c3ccc(F)cc3)cc(C(=O)N3CCOC(C(=O)O)C3)c12. The number of carbonyl (C=O) groups is 2. The zero-order valence-electron chi connectivity index (χ0n) is 14.9. The van der Waals surface area contributed by atoms with Crippen LogP contribution in [0.25, 0.3) is 22.4 Å². The number of amides is 1. The van der Waals surface area contributed by atoms with E-state index in [2.05, 4.69) is 10.1 Å². The molecule has 1 N–H and O–H groups in total. The van der Waals surface area contributed by atoms with Gasteiger partial charge in [0.15, 0.2) is 6.10 Å². The lowest BCUT2D eigenvalue weighted by Gasteiger charge is -2.31. The van der Waals surface area contributed by atoms with Crippen molar-refractivity contribution < 1.29 is 28.3 Å². The van der Waals surface area contributed by atoms with Gasteiger partial charge in [0.2, 0.25) is 0 Å². The molecular weight excluding hydrogens is 369 g/mol. The second-order valence-electron chi connectivity index (χ2n) is 6.46. The molecule has 3 heterocycles. The van der Waals surface area contributed by atoms with E-state index in [-0.39, 0.29) is 37.1 Å². The third-order valence-corrected chi connectivity index (χ3v) is 4.62. The molecule has 4 rings (SSSR count). The minimum absolute atomic E-state index is 0.0613. The van der Waals surface area contributed by atoms with E-state index in [9.17, 15) is 19.1 Å². The molecule has 3 aromatic rings. The van der Waals surface area contributed by atoms with Crippen molar-refractivity contribution in [3.8, 4) is 11.3 Å². The van der Waals surface area contributed by atoms with Crippen molar-refractivity contribution in [2.75, 3.05) is 19.7 Å². The summed E-state index contributed by atoms with van der Waals surface area (Å²) in [6.45, 7) is 2.03. The summed E-state index contributed by atoms with van der Waals surface area (Å²) in [5, 5.41) is 13.5. The van der Waals surface area contributed by atoms with Crippen LogP contribution in [0, 0.1) is 12.7 Å². The Balaban J connectivity index is 1.78. The number of aliphatic carboxylic acids is 1. The topological polar surface area (TPSA) is 106 Å². The number of ether oxygens (including phenoxy) is 1. The average molecular weight is 385 g/mol. The van der Waals surface area contributed by atoms with Crippen LogP contribution in [-0.4, -0.2) is 57.8 Å². The number of aryl methyl sites for hydroxylation is 1. The van der Waals surface area contributed by atoms with Gasteiger partial charge in [0.05, 0.1) is 35.5 Å². The number of hydrogen-bond acceptors (Lipinski definition) is 6. The van der Waals surface area contributed by atoms with Crippen LogP contribution in [-0.2, 0) is 9.53 Å². The Hall–Kier alpha value is -3.33. The van der Waals surface area contributed by atoms with Gasteiger partial charge in [-0.15, -0.1) is 0 Å². The first-order chi connectivity index (χ1) is 13.4. The van der Waals surface area contributed by atoms with Gasteiger partial charge in [-0.25, -0.2) is 14.2 Å². The van der Waals surface area contributed by atoms with Gasteiger partial charge in [-0.05, 0) is 37.3 Å². The van der Waals surface area contributed by atoms with E-state index in [1.807, 2.05) is 0 Å². The lowest BCUT2D eigenvalue weighted by atomic mass is 10.0. The van der Waals surface area contributed by atoms with Gasteiger partial charge in [-0.3, -0.25) is 4.79 Å². The number of aromatic nitrogens is 2. The summed E-state index contributed by atoms with van der Waals surface area (Å²) in [4.78, 5) is 30.2. The van der Waals surface area contributed by atoms with Gasteiger partial charge in [0.1, 0.15) is 5.82 Å². The molecule has 1 fully saturated rings. The normalized spacial score (nSPS) is 17.1. The highest BCUT2D eigenvalue weighted by Crippen LogP contribution is 2.28. The van der Waals surface area contributed by atoms with Gasteiger partial charge in [-0.1, -0.05) is 5.16 Å². The highest BCUT2D eigenvalue weighted by molar-refractivity contribution is 6.07. The van der Waals surface area contributed by atoms with Gasteiger partial charge in [0.25, 0.3) is 11.6 Å². The monoisotopic (exact) mass is 385 g/mol. The van der Waals surface area contributed by atoms with Gasteiger partial charge in [0, 0.05) is 12.1 Å². The Labute approximate surface area is 158 Å². The van der Waals surface area contributed by atoms with E-state index in [1.54, 1.807) is 25.1 Å². The van der Waals surface area contributed by atoms with E-state index in [0.717, 1.165) is 0 Å². The second kappa shape index (κ2) is 7.01. The van der Waals surface area contributed by atoms with Crippen LogP contribution >= 0.6 is 0 Å². The van der Waals surface area contributed by atoms with Crippen molar-refractivity contribution in [3.05, 3.63) is 47.4 Å². The van der Waals surface area contributed by atoms with Crippen molar-refractivity contribution >= 4 is 23.0 Å². The number of carbonyl (C=O) groups excluding carboxylic acids is 1. The third-order valence-electron chi connectivity index (χ3n) is 4.62. The first-order valence-electron chi connectivity index (χ1n) is 8.60. The molecule has 0 saturated carbocycles. The standard InChI is InChI=1S/C19H16FN3O5/c1-10-16-13(18(24)23-6-7-27-15(9-23)19(25)26)8-14(21-17(16)28-22-10)11-2-4-12(20)5-3-11/h2-5,8,15H,6-7,9H2,1H3,(H,25,26). The van der Waals surface area contributed by atoms with Crippen molar-refractivity contribution in [1.29, 1.82) is 0 Å². The number of nitrogens with zero attached hydrogens (tertiary/aromatic N) is 3. The highest BCUT2D eigenvalue weighted by atomic mass is 19.1. The number of morpholine rings is 1. The fourth-order valence-corrected chi connectivity index (χ4v) is 3.19. The fourth-order valence-electron chi connectivity index (χ4n) is 3.19. The summed E-state index contributed by atoms with van der Waals surface area (Å²) < 4.78 is 23.7. The summed E-state index contributed by atoms with van der Waals surface area (Å²) >= 11 is 0. The Morgan fingerprint density at radius 2 is 2.04 bits per heavy atom. The number of fused-ring (bicyclic) bond motifs is 1.